The van der Waals surface area contributed by atoms with Crippen LogP contribution in [0.25, 0.3) is 0 Å². The van der Waals surface area contributed by atoms with E-state index >= 15 is 0 Å². The van der Waals surface area contributed by atoms with Crippen molar-refractivity contribution < 1.29 is 9.50 Å². The van der Waals surface area contributed by atoms with Crippen molar-refractivity contribution in [3.63, 3.8) is 0 Å². The first-order valence-electron chi connectivity index (χ1n) is 2.56. The van der Waals surface area contributed by atoms with Gasteiger partial charge in [-0.2, -0.15) is 0 Å². The number of aliphatic hydroxyl groups excluding tert-OH is 1. The van der Waals surface area contributed by atoms with Gasteiger partial charge in [-0.05, 0) is 14.1 Å². The van der Waals surface area contributed by atoms with Gasteiger partial charge in [0.1, 0.15) is 6.17 Å². The minimum atomic E-state index is -1.09. The van der Waals surface area contributed by atoms with Crippen LogP contribution in [0.3, 0.4) is 0 Å². The smallest absolute Gasteiger partial charge is 0.136 e. The average Bonchev–Trinajstić information content (AvgIpc) is 1.65. The number of hydrogen-bond acceptors (Lipinski definition) is 2. The lowest BCUT2D eigenvalue weighted by Crippen LogP contribution is -2.24. The monoisotopic (exact) mass is 157 g/mol. The number of hydrogen-bond donors (Lipinski definition) is 1. The molecule has 4 heteroatoms. The Bertz CT molecular complexity index is 62.9. The topological polar surface area (TPSA) is 23.5 Å². The van der Waals surface area contributed by atoms with Crippen LogP contribution in [0.4, 0.5) is 4.39 Å². The molecule has 2 nitrogen and oxygen atoms in total. The van der Waals surface area contributed by atoms with Gasteiger partial charge >= 0.3 is 0 Å². The first-order valence-corrected chi connectivity index (χ1v) is 2.56. The van der Waals surface area contributed by atoms with E-state index in [1.807, 2.05) is 0 Å². The molecule has 0 aromatic heterocycles. The van der Waals surface area contributed by atoms with Gasteiger partial charge in [0.15, 0.2) is 0 Å². The molecule has 0 rings (SSSR count). The maximum Gasteiger partial charge on any atom is 0.136 e. The molecular formula is C5H13ClFNO. The molecule has 58 valence electrons. The summed E-state index contributed by atoms with van der Waals surface area (Å²) < 4.78 is 12.1. The van der Waals surface area contributed by atoms with Gasteiger partial charge < -0.3 is 10.0 Å². The van der Waals surface area contributed by atoms with Gasteiger partial charge in [-0.25, -0.2) is 4.39 Å². The molecule has 9 heavy (non-hydrogen) atoms. The van der Waals surface area contributed by atoms with Gasteiger partial charge in [-0.3, -0.25) is 0 Å². The van der Waals surface area contributed by atoms with Crippen molar-refractivity contribution >= 4 is 12.4 Å². The fraction of sp³-hybridized carbons (Fsp3) is 1.00. The second-order valence-corrected chi connectivity index (χ2v) is 2.04. The predicted octanol–water partition coefficient (Wildman–Crippen LogP) is 0.300. The molecule has 1 atom stereocenters. The van der Waals surface area contributed by atoms with E-state index in [9.17, 15) is 4.39 Å². The zero-order valence-corrected chi connectivity index (χ0v) is 6.49. The van der Waals surface area contributed by atoms with Crippen molar-refractivity contribution in [2.45, 2.75) is 6.17 Å². The first kappa shape index (κ1) is 11.9. The van der Waals surface area contributed by atoms with E-state index in [1.54, 1.807) is 19.0 Å². The van der Waals surface area contributed by atoms with E-state index in [2.05, 4.69) is 0 Å². The zero-order valence-electron chi connectivity index (χ0n) is 5.67. The first-order chi connectivity index (χ1) is 3.66. The van der Waals surface area contributed by atoms with Crippen LogP contribution >= 0.6 is 12.4 Å². The number of rotatable bonds is 3. The highest BCUT2D eigenvalue weighted by Gasteiger charge is 2.03. The highest BCUT2D eigenvalue weighted by Crippen LogP contribution is 1.88. The summed E-state index contributed by atoms with van der Waals surface area (Å²) in [6.07, 6.45) is -1.09. The van der Waals surface area contributed by atoms with E-state index < -0.39 is 6.17 Å². The maximum absolute atomic E-state index is 12.1. The third kappa shape index (κ3) is 8.14. The molecule has 0 aromatic carbocycles. The van der Waals surface area contributed by atoms with Crippen molar-refractivity contribution in [3.8, 4) is 0 Å². The Balaban J connectivity index is 0. The Morgan fingerprint density at radius 1 is 1.56 bits per heavy atom. The molecule has 0 bridgehead atoms. The number of halogens is 2. The zero-order chi connectivity index (χ0) is 6.57. The fourth-order valence-electron chi connectivity index (χ4n) is 0.454. The lowest BCUT2D eigenvalue weighted by molar-refractivity contribution is 0.148. The Labute approximate surface area is 61.1 Å². The van der Waals surface area contributed by atoms with Crippen LogP contribution in [0.2, 0.25) is 0 Å². The standard InChI is InChI=1S/C5H12FNO.ClH/c1-7(2)3-5(6)4-8;/h5,8H,3-4H2,1-2H3;1H. The summed E-state index contributed by atoms with van der Waals surface area (Å²) >= 11 is 0. The van der Waals surface area contributed by atoms with E-state index in [1.165, 1.54) is 0 Å². The van der Waals surface area contributed by atoms with Crippen LogP contribution in [0.5, 0.6) is 0 Å². The minimum Gasteiger partial charge on any atom is -0.393 e. The Kier molecular flexibility index (Phi) is 8.27. The maximum atomic E-state index is 12.1. The summed E-state index contributed by atoms with van der Waals surface area (Å²) in [5, 5.41) is 8.18. The van der Waals surface area contributed by atoms with Gasteiger partial charge in [0.25, 0.3) is 0 Å². The van der Waals surface area contributed by atoms with Crippen LogP contribution in [0.15, 0.2) is 0 Å². The lowest BCUT2D eigenvalue weighted by atomic mass is 10.4. The van der Waals surface area contributed by atoms with Gasteiger partial charge in [0, 0.05) is 6.54 Å². The normalized spacial score (nSPS) is 13.0. The summed E-state index contributed by atoms with van der Waals surface area (Å²) in [6, 6.07) is 0. The molecule has 0 aliphatic heterocycles. The van der Waals surface area contributed by atoms with E-state index in [0.717, 1.165) is 0 Å². The molecular weight excluding hydrogens is 145 g/mol. The Hall–Kier alpha value is 0.140. The highest BCUT2D eigenvalue weighted by atomic mass is 35.5. The molecule has 0 amide bonds. The minimum absolute atomic E-state index is 0. The van der Waals surface area contributed by atoms with Crippen molar-refractivity contribution in [2.75, 3.05) is 27.2 Å². The van der Waals surface area contributed by atoms with Crippen molar-refractivity contribution in [1.82, 2.24) is 4.90 Å². The molecule has 0 saturated carbocycles. The molecule has 0 heterocycles. The summed E-state index contributed by atoms with van der Waals surface area (Å²) in [6.45, 7) is -0.0747. The molecule has 0 fully saturated rings. The van der Waals surface area contributed by atoms with Gasteiger partial charge in [-0.15, -0.1) is 12.4 Å². The number of aliphatic hydroxyl groups is 1. The second-order valence-electron chi connectivity index (χ2n) is 2.04. The molecule has 1 unspecified atom stereocenters. The molecule has 0 spiro atoms. The van der Waals surface area contributed by atoms with Gasteiger partial charge in [0.05, 0.1) is 6.61 Å². The van der Waals surface area contributed by atoms with E-state index in [4.69, 9.17) is 5.11 Å². The van der Waals surface area contributed by atoms with Gasteiger partial charge in [-0.1, -0.05) is 0 Å². The SMILES string of the molecule is CN(C)CC(F)CO.Cl. The largest absolute Gasteiger partial charge is 0.393 e. The highest BCUT2D eigenvalue weighted by molar-refractivity contribution is 5.85. The van der Waals surface area contributed by atoms with Crippen LogP contribution in [0.1, 0.15) is 0 Å². The quantitative estimate of drug-likeness (QED) is 0.637. The van der Waals surface area contributed by atoms with Crippen molar-refractivity contribution in [1.29, 1.82) is 0 Å². The lowest BCUT2D eigenvalue weighted by Gasteiger charge is -2.10. The Morgan fingerprint density at radius 2 is 2.00 bits per heavy atom. The summed E-state index contributed by atoms with van der Waals surface area (Å²) in [7, 11) is 3.53. The van der Waals surface area contributed by atoms with Crippen LogP contribution in [-0.2, 0) is 0 Å². The van der Waals surface area contributed by atoms with Crippen molar-refractivity contribution in [2.24, 2.45) is 0 Å². The average molecular weight is 158 g/mol. The summed E-state index contributed by atoms with van der Waals surface area (Å²) in [4.78, 5) is 1.70. The molecule has 0 radical (unpaired) electrons. The van der Waals surface area contributed by atoms with Crippen molar-refractivity contribution in [3.05, 3.63) is 0 Å². The summed E-state index contributed by atoms with van der Waals surface area (Å²) in [5.41, 5.74) is 0. The van der Waals surface area contributed by atoms with E-state index in [0.29, 0.717) is 6.54 Å². The van der Waals surface area contributed by atoms with Crippen LogP contribution in [-0.4, -0.2) is 43.4 Å². The van der Waals surface area contributed by atoms with E-state index in [-0.39, 0.29) is 19.0 Å². The Morgan fingerprint density at radius 3 is 2.11 bits per heavy atom. The van der Waals surface area contributed by atoms with Crippen LogP contribution in [0, 0.1) is 0 Å². The summed E-state index contributed by atoms with van der Waals surface area (Å²) in [5.74, 6) is 0. The third-order valence-corrected chi connectivity index (χ3v) is 0.761. The molecule has 0 aromatic rings. The third-order valence-electron chi connectivity index (χ3n) is 0.761. The predicted molar refractivity (Wildman–Crippen MR) is 37.8 cm³/mol. The number of alkyl halides is 1. The molecule has 0 saturated heterocycles. The number of nitrogens with zero attached hydrogens (tertiary/aromatic N) is 1. The van der Waals surface area contributed by atoms with Gasteiger partial charge in [0.2, 0.25) is 0 Å². The molecule has 1 N–H and O–H groups in total. The van der Waals surface area contributed by atoms with Crippen LogP contribution < -0.4 is 0 Å². The molecule has 0 aliphatic rings. The second kappa shape index (κ2) is 6.26. The fourth-order valence-corrected chi connectivity index (χ4v) is 0.454. The molecule has 0 aliphatic carbocycles.